The van der Waals surface area contributed by atoms with Gasteiger partial charge < -0.3 is 5.32 Å². The summed E-state index contributed by atoms with van der Waals surface area (Å²) >= 11 is 7.84. The van der Waals surface area contributed by atoms with Gasteiger partial charge >= 0.3 is 0 Å². The van der Waals surface area contributed by atoms with E-state index < -0.39 is 0 Å². The van der Waals surface area contributed by atoms with Crippen LogP contribution in [0.15, 0.2) is 24.3 Å². The standard InChI is InChI=1S/C14H18ClNOS/c15-10-12-3-1-2-4-13(12)16-14(17)9-11-5-7-18-8-6-11/h1-4,11H,5-10H2,(H,16,17). The molecular weight excluding hydrogens is 266 g/mol. The number of hydrogen-bond acceptors (Lipinski definition) is 2. The van der Waals surface area contributed by atoms with E-state index in [1.54, 1.807) is 0 Å². The van der Waals surface area contributed by atoms with E-state index in [1.165, 1.54) is 11.5 Å². The summed E-state index contributed by atoms with van der Waals surface area (Å²) < 4.78 is 0. The van der Waals surface area contributed by atoms with Crippen LogP contribution in [0, 0.1) is 5.92 Å². The minimum Gasteiger partial charge on any atom is -0.326 e. The van der Waals surface area contributed by atoms with Crippen LogP contribution in [0.25, 0.3) is 0 Å². The molecular formula is C14H18ClNOS. The molecule has 0 atom stereocenters. The van der Waals surface area contributed by atoms with Crippen molar-refractivity contribution >= 4 is 35.0 Å². The molecule has 1 aliphatic heterocycles. The smallest absolute Gasteiger partial charge is 0.224 e. The highest BCUT2D eigenvalue weighted by Crippen LogP contribution is 2.26. The lowest BCUT2D eigenvalue weighted by molar-refractivity contribution is -0.117. The molecule has 1 aromatic rings. The zero-order chi connectivity index (χ0) is 12.8. The first-order valence-electron chi connectivity index (χ1n) is 6.31. The van der Waals surface area contributed by atoms with Gasteiger partial charge in [-0.1, -0.05) is 18.2 Å². The maximum absolute atomic E-state index is 12.0. The fourth-order valence-electron chi connectivity index (χ4n) is 2.17. The average molecular weight is 284 g/mol. The van der Waals surface area contributed by atoms with E-state index in [2.05, 4.69) is 5.32 Å². The van der Waals surface area contributed by atoms with E-state index >= 15 is 0 Å². The van der Waals surface area contributed by atoms with Gasteiger partial charge in [-0.2, -0.15) is 11.8 Å². The van der Waals surface area contributed by atoms with Crippen LogP contribution in [-0.2, 0) is 10.7 Å². The number of anilines is 1. The molecule has 0 spiro atoms. The number of nitrogens with one attached hydrogen (secondary N) is 1. The number of carbonyl (C=O) groups is 1. The van der Waals surface area contributed by atoms with Crippen molar-refractivity contribution in [2.24, 2.45) is 5.92 Å². The third kappa shape index (κ3) is 3.92. The van der Waals surface area contributed by atoms with Gasteiger partial charge in [0, 0.05) is 18.0 Å². The van der Waals surface area contributed by atoms with Crippen molar-refractivity contribution in [2.75, 3.05) is 16.8 Å². The topological polar surface area (TPSA) is 29.1 Å². The molecule has 0 aliphatic carbocycles. The highest BCUT2D eigenvalue weighted by Gasteiger charge is 2.17. The molecule has 2 rings (SSSR count). The van der Waals surface area contributed by atoms with Gasteiger partial charge in [-0.3, -0.25) is 4.79 Å². The van der Waals surface area contributed by atoms with Crippen LogP contribution in [0.2, 0.25) is 0 Å². The second kappa shape index (κ2) is 7.05. The molecule has 0 aromatic heterocycles. The molecule has 1 saturated heterocycles. The maximum Gasteiger partial charge on any atom is 0.224 e. The number of carbonyl (C=O) groups excluding carboxylic acids is 1. The molecule has 1 amide bonds. The third-order valence-corrected chi connectivity index (χ3v) is 4.59. The molecule has 0 bridgehead atoms. The van der Waals surface area contributed by atoms with Crippen molar-refractivity contribution in [1.82, 2.24) is 0 Å². The number of para-hydroxylation sites is 1. The van der Waals surface area contributed by atoms with E-state index in [0.717, 1.165) is 24.1 Å². The van der Waals surface area contributed by atoms with Gasteiger partial charge in [0.1, 0.15) is 0 Å². The first kappa shape index (κ1) is 13.8. The largest absolute Gasteiger partial charge is 0.326 e. The fraction of sp³-hybridized carbons (Fsp3) is 0.500. The normalized spacial score (nSPS) is 16.5. The monoisotopic (exact) mass is 283 g/mol. The number of benzene rings is 1. The molecule has 0 radical (unpaired) electrons. The van der Waals surface area contributed by atoms with Crippen LogP contribution in [0.4, 0.5) is 5.69 Å². The Kier molecular flexibility index (Phi) is 5.39. The molecule has 1 heterocycles. The Labute approximate surface area is 117 Å². The summed E-state index contributed by atoms with van der Waals surface area (Å²) in [6.07, 6.45) is 2.96. The van der Waals surface area contributed by atoms with Crippen LogP contribution in [-0.4, -0.2) is 17.4 Å². The lowest BCUT2D eigenvalue weighted by Gasteiger charge is -2.20. The SMILES string of the molecule is O=C(CC1CCSCC1)Nc1ccccc1CCl. The Morgan fingerprint density at radius 3 is 2.78 bits per heavy atom. The van der Waals surface area contributed by atoms with E-state index in [9.17, 15) is 4.79 Å². The minimum absolute atomic E-state index is 0.115. The van der Waals surface area contributed by atoms with E-state index in [-0.39, 0.29) is 5.91 Å². The summed E-state index contributed by atoms with van der Waals surface area (Å²) in [4.78, 5) is 12.0. The quantitative estimate of drug-likeness (QED) is 0.849. The number of rotatable bonds is 4. The van der Waals surface area contributed by atoms with Crippen molar-refractivity contribution in [3.8, 4) is 0 Å². The van der Waals surface area contributed by atoms with Gasteiger partial charge in [0.05, 0.1) is 0 Å². The maximum atomic E-state index is 12.0. The average Bonchev–Trinajstić information content (AvgIpc) is 2.40. The number of amides is 1. The molecule has 1 aromatic carbocycles. The number of hydrogen-bond donors (Lipinski definition) is 1. The Morgan fingerprint density at radius 2 is 2.06 bits per heavy atom. The van der Waals surface area contributed by atoms with Crippen LogP contribution < -0.4 is 5.32 Å². The van der Waals surface area contributed by atoms with E-state index in [4.69, 9.17) is 11.6 Å². The van der Waals surface area contributed by atoms with Gasteiger partial charge in [-0.25, -0.2) is 0 Å². The van der Waals surface area contributed by atoms with Crippen molar-refractivity contribution in [3.63, 3.8) is 0 Å². The van der Waals surface area contributed by atoms with Crippen LogP contribution in [0.3, 0.4) is 0 Å². The Morgan fingerprint density at radius 1 is 1.33 bits per heavy atom. The summed E-state index contributed by atoms with van der Waals surface area (Å²) in [6.45, 7) is 0. The van der Waals surface area contributed by atoms with Gasteiger partial charge in [0.2, 0.25) is 5.91 Å². The van der Waals surface area contributed by atoms with Crippen molar-refractivity contribution in [1.29, 1.82) is 0 Å². The zero-order valence-electron chi connectivity index (χ0n) is 10.3. The second-order valence-corrected chi connectivity index (χ2v) is 6.09. The lowest BCUT2D eigenvalue weighted by Crippen LogP contribution is -2.20. The highest BCUT2D eigenvalue weighted by molar-refractivity contribution is 7.99. The van der Waals surface area contributed by atoms with Crippen molar-refractivity contribution in [2.45, 2.75) is 25.1 Å². The summed E-state index contributed by atoms with van der Waals surface area (Å²) in [6, 6.07) is 7.71. The Bertz CT molecular complexity index is 405. The number of thioether (sulfide) groups is 1. The summed E-state index contributed by atoms with van der Waals surface area (Å²) in [5.74, 6) is 3.47. The molecule has 0 saturated carbocycles. The zero-order valence-corrected chi connectivity index (χ0v) is 11.9. The second-order valence-electron chi connectivity index (χ2n) is 4.60. The number of halogens is 1. The molecule has 4 heteroatoms. The molecule has 1 aliphatic rings. The van der Waals surface area contributed by atoms with Crippen LogP contribution >= 0.6 is 23.4 Å². The van der Waals surface area contributed by atoms with E-state index in [0.29, 0.717) is 18.2 Å². The third-order valence-electron chi connectivity index (χ3n) is 3.25. The van der Waals surface area contributed by atoms with Gasteiger partial charge in [0.15, 0.2) is 0 Å². The van der Waals surface area contributed by atoms with Gasteiger partial charge in [0.25, 0.3) is 0 Å². The summed E-state index contributed by atoms with van der Waals surface area (Å²) in [7, 11) is 0. The first-order chi connectivity index (χ1) is 8.79. The first-order valence-corrected chi connectivity index (χ1v) is 8.00. The lowest BCUT2D eigenvalue weighted by atomic mass is 9.98. The fourth-order valence-corrected chi connectivity index (χ4v) is 3.61. The van der Waals surface area contributed by atoms with Gasteiger partial charge in [-0.05, 0) is 41.9 Å². The predicted molar refractivity (Wildman–Crippen MR) is 79.3 cm³/mol. The molecule has 1 N–H and O–H groups in total. The van der Waals surface area contributed by atoms with Crippen molar-refractivity contribution < 1.29 is 4.79 Å². The Hall–Kier alpha value is -0.670. The minimum atomic E-state index is 0.115. The van der Waals surface area contributed by atoms with Crippen LogP contribution in [0.1, 0.15) is 24.8 Å². The molecule has 98 valence electrons. The summed E-state index contributed by atoms with van der Waals surface area (Å²) in [5, 5.41) is 2.98. The Balaban J connectivity index is 1.90. The van der Waals surface area contributed by atoms with Gasteiger partial charge in [-0.15, -0.1) is 11.6 Å². The molecule has 18 heavy (non-hydrogen) atoms. The van der Waals surface area contributed by atoms with Crippen LogP contribution in [0.5, 0.6) is 0 Å². The molecule has 1 fully saturated rings. The predicted octanol–water partition coefficient (Wildman–Crippen LogP) is 3.90. The molecule has 2 nitrogen and oxygen atoms in total. The van der Waals surface area contributed by atoms with E-state index in [1.807, 2.05) is 36.0 Å². The summed E-state index contributed by atoms with van der Waals surface area (Å²) in [5.41, 5.74) is 1.83. The number of alkyl halides is 1. The van der Waals surface area contributed by atoms with Crippen molar-refractivity contribution in [3.05, 3.63) is 29.8 Å². The highest BCUT2D eigenvalue weighted by atomic mass is 35.5. The molecule has 0 unspecified atom stereocenters.